The predicted molar refractivity (Wildman–Crippen MR) is 150 cm³/mol. The van der Waals surface area contributed by atoms with E-state index in [1.807, 2.05) is 46.5 Å². The zero-order chi connectivity index (χ0) is 27.6. The van der Waals surface area contributed by atoms with E-state index in [1.54, 1.807) is 26.4 Å². The molecular formula is C30H34N4O6. The molecule has 2 aromatic rings. The quantitative estimate of drug-likeness (QED) is 0.443. The fourth-order valence-corrected chi connectivity index (χ4v) is 5.91. The average molecular weight is 547 g/mol. The number of hydrogen-bond acceptors (Lipinski definition) is 8. The second kappa shape index (κ2) is 11.4. The van der Waals surface area contributed by atoms with Gasteiger partial charge in [-0.1, -0.05) is 0 Å². The average Bonchev–Trinajstić information content (AvgIpc) is 3.51. The topological polar surface area (TPSA) is 102 Å². The number of methoxy groups -OCH3 is 2. The summed E-state index contributed by atoms with van der Waals surface area (Å²) in [6.45, 7) is 2.43. The van der Waals surface area contributed by atoms with E-state index in [4.69, 9.17) is 18.9 Å². The monoisotopic (exact) mass is 546 g/mol. The smallest absolute Gasteiger partial charge is 0.256 e. The van der Waals surface area contributed by atoms with Crippen molar-refractivity contribution in [3.8, 4) is 11.5 Å². The van der Waals surface area contributed by atoms with Crippen LogP contribution in [0.1, 0.15) is 46.4 Å². The first-order valence-corrected chi connectivity index (χ1v) is 13.9. The molecule has 4 heterocycles. The highest BCUT2D eigenvalue weighted by atomic mass is 16.5. The lowest BCUT2D eigenvalue weighted by Gasteiger charge is -2.24. The lowest BCUT2D eigenvalue weighted by atomic mass is 10.1. The largest absolute Gasteiger partial charge is 0.497 e. The van der Waals surface area contributed by atoms with Gasteiger partial charge in [0.05, 0.1) is 61.0 Å². The van der Waals surface area contributed by atoms with E-state index >= 15 is 0 Å². The molecule has 210 valence electrons. The van der Waals surface area contributed by atoms with Gasteiger partial charge in [-0.3, -0.25) is 19.6 Å². The molecule has 6 rings (SSSR count). The molecule has 4 atom stereocenters. The van der Waals surface area contributed by atoms with Gasteiger partial charge in [0.1, 0.15) is 11.5 Å². The maximum atomic E-state index is 13.2. The van der Waals surface area contributed by atoms with Crippen LogP contribution in [0.3, 0.4) is 0 Å². The normalized spacial score (nSPS) is 24.8. The molecule has 40 heavy (non-hydrogen) atoms. The number of rotatable bonds is 9. The molecule has 2 aromatic carbocycles. The van der Waals surface area contributed by atoms with E-state index in [2.05, 4.69) is 9.98 Å². The van der Waals surface area contributed by atoms with Crippen molar-refractivity contribution in [3.05, 3.63) is 47.5 Å². The highest BCUT2D eigenvalue weighted by Gasteiger charge is 2.40. The number of aliphatic imine (C=N–C) groups is 2. The van der Waals surface area contributed by atoms with Gasteiger partial charge in [0, 0.05) is 38.7 Å². The third-order valence-corrected chi connectivity index (χ3v) is 8.12. The lowest BCUT2D eigenvalue weighted by molar-refractivity contribution is 0.0233. The van der Waals surface area contributed by atoms with Crippen LogP contribution in [0.15, 0.2) is 46.4 Å². The third kappa shape index (κ3) is 4.97. The molecule has 0 aromatic heterocycles. The fourth-order valence-electron chi connectivity index (χ4n) is 5.91. The van der Waals surface area contributed by atoms with Gasteiger partial charge in [-0.15, -0.1) is 0 Å². The van der Waals surface area contributed by atoms with Crippen LogP contribution in [-0.4, -0.2) is 98.9 Å². The minimum atomic E-state index is -0.178. The van der Waals surface area contributed by atoms with Crippen molar-refractivity contribution in [2.24, 2.45) is 9.98 Å². The predicted octanol–water partition coefficient (Wildman–Crippen LogP) is 3.82. The number of carbonyl (C=O) groups is 2. The number of carbonyl (C=O) groups excluding carboxylic acids is 2. The Labute approximate surface area is 233 Å². The summed E-state index contributed by atoms with van der Waals surface area (Å²) in [7, 11) is 3.18. The molecule has 0 radical (unpaired) electrons. The summed E-state index contributed by atoms with van der Waals surface area (Å²) in [5.41, 5.74) is 2.44. The third-order valence-electron chi connectivity index (χ3n) is 8.12. The van der Waals surface area contributed by atoms with Crippen LogP contribution in [0.2, 0.25) is 0 Å². The van der Waals surface area contributed by atoms with Crippen LogP contribution in [0.4, 0.5) is 11.4 Å². The summed E-state index contributed by atoms with van der Waals surface area (Å²) in [5.74, 6) is 1.21. The van der Waals surface area contributed by atoms with Crippen molar-refractivity contribution in [2.75, 3.05) is 40.5 Å². The summed E-state index contributed by atoms with van der Waals surface area (Å²) in [6.07, 6.45) is 6.75. The summed E-state index contributed by atoms with van der Waals surface area (Å²) in [6, 6.07) is 10.4. The van der Waals surface area contributed by atoms with Crippen molar-refractivity contribution in [1.82, 2.24) is 9.80 Å². The number of unbranched alkanes of at least 4 members (excludes halogenated alkanes) is 1. The molecule has 10 heteroatoms. The van der Waals surface area contributed by atoms with Gasteiger partial charge < -0.3 is 28.7 Å². The van der Waals surface area contributed by atoms with Gasteiger partial charge in [-0.2, -0.15) is 0 Å². The Morgan fingerprint density at radius 3 is 1.60 bits per heavy atom. The van der Waals surface area contributed by atoms with Crippen LogP contribution in [0.25, 0.3) is 0 Å². The van der Waals surface area contributed by atoms with Gasteiger partial charge >= 0.3 is 0 Å². The van der Waals surface area contributed by atoms with E-state index in [-0.39, 0.29) is 36.1 Å². The van der Waals surface area contributed by atoms with E-state index in [9.17, 15) is 9.59 Å². The summed E-state index contributed by atoms with van der Waals surface area (Å²) in [4.78, 5) is 39.2. The molecule has 2 saturated heterocycles. The van der Waals surface area contributed by atoms with Crippen molar-refractivity contribution < 1.29 is 28.5 Å². The molecule has 4 aliphatic rings. The van der Waals surface area contributed by atoms with Gasteiger partial charge in [0.2, 0.25) is 0 Å². The minimum Gasteiger partial charge on any atom is -0.497 e. The Kier molecular flexibility index (Phi) is 7.53. The number of nitrogens with zero attached hydrogens (tertiary/aromatic N) is 4. The zero-order valence-electron chi connectivity index (χ0n) is 22.8. The molecule has 0 spiro atoms. The summed E-state index contributed by atoms with van der Waals surface area (Å²) in [5, 5.41) is 0. The maximum absolute atomic E-state index is 13.2. The van der Waals surface area contributed by atoms with E-state index < -0.39 is 0 Å². The minimum absolute atomic E-state index is 0.0377. The van der Waals surface area contributed by atoms with Crippen LogP contribution in [0, 0.1) is 0 Å². The number of benzene rings is 2. The summed E-state index contributed by atoms with van der Waals surface area (Å²) < 4.78 is 23.0. The zero-order valence-corrected chi connectivity index (χ0v) is 22.8. The second-order valence-corrected chi connectivity index (χ2v) is 10.4. The van der Waals surface area contributed by atoms with Crippen molar-refractivity contribution >= 4 is 35.6 Å². The van der Waals surface area contributed by atoms with Crippen LogP contribution < -0.4 is 9.47 Å². The van der Waals surface area contributed by atoms with Crippen molar-refractivity contribution in [2.45, 2.75) is 50.0 Å². The molecule has 2 amide bonds. The van der Waals surface area contributed by atoms with Gasteiger partial charge in [-0.05, 0) is 62.1 Å². The first kappa shape index (κ1) is 26.5. The number of ether oxygens (including phenoxy) is 4. The highest BCUT2D eigenvalue weighted by molar-refractivity contribution is 6.04. The Hall–Kier alpha value is -3.76. The van der Waals surface area contributed by atoms with Gasteiger partial charge in [0.25, 0.3) is 11.8 Å². The van der Waals surface area contributed by atoms with Crippen molar-refractivity contribution in [3.63, 3.8) is 0 Å². The SMILES string of the molecule is COc1ccc2c(c1)C(=O)N1CCC(OCCCCOC3CCN4C(=O)c5cc(OC)ccc5N=C[C@H]34)[C@H]1C=N2. The number of fused-ring (bicyclic) bond motifs is 4. The van der Waals surface area contributed by atoms with Gasteiger partial charge in [-0.25, -0.2) is 0 Å². The van der Waals surface area contributed by atoms with E-state index in [1.165, 1.54) is 0 Å². The summed E-state index contributed by atoms with van der Waals surface area (Å²) >= 11 is 0. The molecule has 2 fully saturated rings. The maximum Gasteiger partial charge on any atom is 0.256 e. The standard InChI is InChI=1S/C30H34N4O6/c1-37-19-5-7-23-21(15-19)29(35)33-11-9-27(25(33)17-31-23)39-13-3-4-14-40-28-10-12-34-26(28)18-32-24-8-6-20(38-2)16-22(24)30(34)36/h5-8,15-18,25-28H,3-4,9-14H2,1-2H3/t25-,26-,27?,28?/m1/s1. The molecule has 4 aliphatic heterocycles. The fraction of sp³-hybridized carbons (Fsp3) is 0.467. The highest BCUT2D eigenvalue weighted by Crippen LogP contribution is 2.34. The Balaban J connectivity index is 0.968. The molecule has 0 bridgehead atoms. The Morgan fingerprint density at radius 1 is 0.725 bits per heavy atom. The Bertz CT molecular complexity index is 1240. The molecule has 10 nitrogen and oxygen atoms in total. The van der Waals surface area contributed by atoms with Crippen LogP contribution in [0.5, 0.6) is 11.5 Å². The van der Waals surface area contributed by atoms with Crippen LogP contribution >= 0.6 is 0 Å². The van der Waals surface area contributed by atoms with Crippen molar-refractivity contribution in [1.29, 1.82) is 0 Å². The molecule has 0 aliphatic carbocycles. The molecule has 0 N–H and O–H groups in total. The van der Waals surface area contributed by atoms with E-state index in [0.29, 0.717) is 60.3 Å². The number of amides is 2. The molecule has 0 saturated carbocycles. The number of hydrogen-bond donors (Lipinski definition) is 0. The molecule has 2 unspecified atom stereocenters. The van der Waals surface area contributed by atoms with Gasteiger partial charge in [0.15, 0.2) is 0 Å². The Morgan fingerprint density at radius 2 is 1.18 bits per heavy atom. The molecular weight excluding hydrogens is 512 g/mol. The van der Waals surface area contributed by atoms with Crippen LogP contribution in [-0.2, 0) is 9.47 Å². The van der Waals surface area contributed by atoms with E-state index in [0.717, 1.165) is 25.7 Å². The first-order chi connectivity index (χ1) is 19.6. The second-order valence-electron chi connectivity index (χ2n) is 10.4. The lowest BCUT2D eigenvalue weighted by Crippen LogP contribution is -2.41. The first-order valence-electron chi connectivity index (χ1n) is 13.9.